The minimum atomic E-state index is -0.805. The summed E-state index contributed by atoms with van der Waals surface area (Å²) in [7, 11) is 0. The topological polar surface area (TPSA) is 63.1 Å². The van der Waals surface area contributed by atoms with Crippen molar-refractivity contribution in [2.75, 3.05) is 0 Å². The van der Waals surface area contributed by atoms with E-state index in [1.54, 1.807) is 12.3 Å². The first-order valence-corrected chi connectivity index (χ1v) is 4.90. The summed E-state index contributed by atoms with van der Waals surface area (Å²) in [5.41, 5.74) is 0.612. The number of rotatable bonds is 3. The summed E-state index contributed by atoms with van der Waals surface area (Å²) in [4.78, 5) is 10.8. The van der Waals surface area contributed by atoms with E-state index in [2.05, 4.69) is 10.2 Å². The molecule has 0 radical (unpaired) electrons. The number of aliphatic carboxylic acids is 1. The summed E-state index contributed by atoms with van der Waals surface area (Å²) in [5, 5.41) is 16.6. The number of hydrogen-bond donors (Lipinski definition) is 1. The van der Waals surface area contributed by atoms with Gasteiger partial charge in [-0.1, -0.05) is 20.8 Å². The van der Waals surface area contributed by atoms with Crippen molar-refractivity contribution in [3.63, 3.8) is 0 Å². The van der Waals surface area contributed by atoms with Crippen LogP contribution in [0.15, 0.2) is 18.3 Å². The lowest BCUT2D eigenvalue weighted by atomic mass is 9.77. The fourth-order valence-corrected chi connectivity index (χ4v) is 1.53. The van der Waals surface area contributed by atoms with E-state index in [0.29, 0.717) is 0 Å². The van der Waals surface area contributed by atoms with E-state index in [4.69, 9.17) is 5.11 Å². The fraction of sp³-hybridized carbons (Fsp3) is 0.545. The lowest BCUT2D eigenvalue weighted by Gasteiger charge is -2.28. The number of aromatic nitrogens is 2. The highest BCUT2D eigenvalue weighted by molar-refractivity contribution is 5.68. The monoisotopic (exact) mass is 208 g/mol. The molecule has 1 aromatic rings. The van der Waals surface area contributed by atoms with E-state index in [0.717, 1.165) is 5.69 Å². The molecule has 1 aromatic heterocycles. The maximum absolute atomic E-state index is 10.8. The summed E-state index contributed by atoms with van der Waals surface area (Å²) in [6.07, 6.45) is 1.67. The van der Waals surface area contributed by atoms with Gasteiger partial charge in [-0.15, -0.1) is 0 Å². The molecule has 0 saturated carbocycles. The predicted molar refractivity (Wildman–Crippen MR) is 56.5 cm³/mol. The minimum absolute atomic E-state index is 0.0855. The van der Waals surface area contributed by atoms with Gasteiger partial charge in [-0.25, -0.2) is 0 Å². The molecule has 1 N–H and O–H groups in total. The zero-order chi connectivity index (χ0) is 11.5. The van der Waals surface area contributed by atoms with E-state index < -0.39 is 5.97 Å². The number of nitrogens with zero attached hydrogens (tertiary/aromatic N) is 2. The third kappa shape index (κ3) is 3.31. The number of carboxylic acids is 1. The molecule has 0 aliphatic rings. The van der Waals surface area contributed by atoms with Crippen molar-refractivity contribution in [1.82, 2.24) is 10.2 Å². The van der Waals surface area contributed by atoms with E-state index in [9.17, 15) is 4.79 Å². The molecule has 0 fully saturated rings. The summed E-state index contributed by atoms with van der Waals surface area (Å²) in [6.45, 7) is 6.03. The zero-order valence-corrected chi connectivity index (χ0v) is 9.27. The van der Waals surface area contributed by atoms with Crippen molar-refractivity contribution in [3.05, 3.63) is 24.0 Å². The lowest BCUT2D eigenvalue weighted by Crippen LogP contribution is -2.22. The Bertz CT molecular complexity index is 330. The molecule has 0 aliphatic heterocycles. The summed E-state index contributed by atoms with van der Waals surface area (Å²) < 4.78 is 0. The Labute approximate surface area is 89.3 Å². The van der Waals surface area contributed by atoms with Crippen molar-refractivity contribution in [1.29, 1.82) is 0 Å². The van der Waals surface area contributed by atoms with Crippen molar-refractivity contribution >= 4 is 5.97 Å². The van der Waals surface area contributed by atoms with Crippen molar-refractivity contribution < 1.29 is 9.90 Å². The highest BCUT2D eigenvalue weighted by Gasteiger charge is 2.29. The van der Waals surface area contributed by atoms with E-state index in [1.807, 2.05) is 26.8 Å². The first kappa shape index (κ1) is 11.6. The van der Waals surface area contributed by atoms with Gasteiger partial charge in [0.2, 0.25) is 0 Å². The number of carbonyl (C=O) groups is 1. The van der Waals surface area contributed by atoms with Crippen LogP contribution in [0.4, 0.5) is 0 Å². The molecular weight excluding hydrogens is 192 g/mol. The van der Waals surface area contributed by atoms with Crippen LogP contribution in [0.1, 0.15) is 38.8 Å². The largest absolute Gasteiger partial charge is 0.481 e. The molecule has 82 valence electrons. The average Bonchev–Trinajstić information content (AvgIpc) is 2.14. The van der Waals surface area contributed by atoms with Crippen LogP contribution in [-0.4, -0.2) is 21.3 Å². The maximum atomic E-state index is 10.8. The smallest absolute Gasteiger partial charge is 0.304 e. The molecule has 4 nitrogen and oxygen atoms in total. The van der Waals surface area contributed by atoms with Crippen molar-refractivity contribution in [2.45, 2.75) is 33.1 Å². The second-order valence-electron chi connectivity index (χ2n) is 4.66. The molecule has 0 saturated heterocycles. The van der Waals surface area contributed by atoms with Gasteiger partial charge >= 0.3 is 5.97 Å². The molecule has 4 heteroatoms. The van der Waals surface area contributed by atoms with Gasteiger partial charge in [0.05, 0.1) is 12.1 Å². The summed E-state index contributed by atoms with van der Waals surface area (Å²) >= 11 is 0. The molecule has 1 heterocycles. The average molecular weight is 208 g/mol. The van der Waals surface area contributed by atoms with Crippen molar-refractivity contribution in [2.24, 2.45) is 5.41 Å². The Kier molecular flexibility index (Phi) is 3.39. The van der Waals surface area contributed by atoms with Crippen LogP contribution in [0.5, 0.6) is 0 Å². The Morgan fingerprint density at radius 3 is 2.60 bits per heavy atom. The van der Waals surface area contributed by atoms with Gasteiger partial charge in [0.1, 0.15) is 0 Å². The minimum Gasteiger partial charge on any atom is -0.481 e. The van der Waals surface area contributed by atoms with Crippen LogP contribution in [0.25, 0.3) is 0 Å². The second kappa shape index (κ2) is 4.38. The van der Waals surface area contributed by atoms with Gasteiger partial charge < -0.3 is 5.11 Å². The first-order chi connectivity index (χ1) is 6.91. The van der Waals surface area contributed by atoms with Crippen LogP contribution in [0.3, 0.4) is 0 Å². The van der Waals surface area contributed by atoms with Gasteiger partial charge in [-0.05, 0) is 17.5 Å². The van der Waals surface area contributed by atoms with Gasteiger partial charge in [-0.3, -0.25) is 4.79 Å². The highest BCUT2D eigenvalue weighted by atomic mass is 16.4. The molecule has 1 unspecified atom stereocenters. The summed E-state index contributed by atoms with van der Waals surface area (Å²) in [5.74, 6) is -0.913. The Hall–Kier alpha value is -1.45. The predicted octanol–water partition coefficient (Wildman–Crippen LogP) is 2.08. The number of hydrogen-bond acceptors (Lipinski definition) is 3. The van der Waals surface area contributed by atoms with Crippen molar-refractivity contribution in [3.8, 4) is 0 Å². The molecule has 0 amide bonds. The van der Waals surface area contributed by atoms with Crippen LogP contribution in [0.2, 0.25) is 0 Å². The SMILES string of the molecule is CC(C)(C)C(CC(=O)O)c1cccnn1. The lowest BCUT2D eigenvalue weighted by molar-refractivity contribution is -0.138. The highest BCUT2D eigenvalue weighted by Crippen LogP contribution is 2.36. The van der Waals surface area contributed by atoms with Crippen LogP contribution >= 0.6 is 0 Å². The fourth-order valence-electron chi connectivity index (χ4n) is 1.53. The number of carboxylic acid groups (broad SMARTS) is 1. The van der Waals surface area contributed by atoms with Crippen LogP contribution in [0, 0.1) is 5.41 Å². The molecule has 1 atom stereocenters. The third-order valence-electron chi connectivity index (χ3n) is 2.37. The van der Waals surface area contributed by atoms with E-state index in [-0.39, 0.29) is 17.8 Å². The van der Waals surface area contributed by atoms with Gasteiger partial charge in [0.15, 0.2) is 0 Å². The van der Waals surface area contributed by atoms with Gasteiger partial charge in [-0.2, -0.15) is 10.2 Å². The van der Waals surface area contributed by atoms with E-state index in [1.165, 1.54) is 0 Å². The Morgan fingerprint density at radius 1 is 1.53 bits per heavy atom. The molecule has 0 aromatic carbocycles. The first-order valence-electron chi connectivity index (χ1n) is 4.90. The molecule has 0 bridgehead atoms. The Morgan fingerprint density at radius 2 is 2.20 bits per heavy atom. The standard InChI is InChI=1S/C11H16N2O2/c1-11(2,3)8(7-10(14)15)9-5-4-6-12-13-9/h4-6,8H,7H2,1-3H3,(H,14,15). The van der Waals surface area contributed by atoms with Crippen LogP contribution in [-0.2, 0) is 4.79 Å². The normalized spacial score (nSPS) is 13.5. The third-order valence-corrected chi connectivity index (χ3v) is 2.37. The van der Waals surface area contributed by atoms with Crippen LogP contribution < -0.4 is 0 Å². The molecule has 15 heavy (non-hydrogen) atoms. The summed E-state index contributed by atoms with van der Waals surface area (Å²) in [6, 6.07) is 3.61. The molecule has 0 aliphatic carbocycles. The molecule has 0 spiro atoms. The quantitative estimate of drug-likeness (QED) is 0.826. The van der Waals surface area contributed by atoms with Gasteiger partial charge in [0, 0.05) is 12.1 Å². The second-order valence-corrected chi connectivity index (χ2v) is 4.66. The Balaban J connectivity index is 2.97. The maximum Gasteiger partial charge on any atom is 0.304 e. The van der Waals surface area contributed by atoms with E-state index >= 15 is 0 Å². The zero-order valence-electron chi connectivity index (χ0n) is 9.27. The molecular formula is C11H16N2O2. The van der Waals surface area contributed by atoms with Gasteiger partial charge in [0.25, 0.3) is 0 Å². The molecule has 1 rings (SSSR count).